The second-order valence-electron chi connectivity index (χ2n) is 4.30. The Hall–Kier alpha value is 0.580. The quantitative estimate of drug-likeness (QED) is 0.739. The molecule has 0 saturated heterocycles. The van der Waals surface area contributed by atoms with Crippen molar-refractivity contribution in [1.29, 1.82) is 0 Å². The zero-order valence-corrected chi connectivity index (χ0v) is 14.2. The highest BCUT2D eigenvalue weighted by molar-refractivity contribution is 9.13. The molecular formula is C12H19Br2NOS. The molecule has 0 saturated carbocycles. The van der Waals surface area contributed by atoms with Crippen molar-refractivity contribution in [2.75, 3.05) is 13.2 Å². The molecule has 0 aromatic carbocycles. The molecule has 0 bridgehead atoms. The van der Waals surface area contributed by atoms with E-state index in [4.69, 9.17) is 0 Å². The average Bonchev–Trinajstić information content (AvgIpc) is 2.65. The van der Waals surface area contributed by atoms with Gasteiger partial charge in [0.15, 0.2) is 0 Å². The lowest BCUT2D eigenvalue weighted by atomic mass is 9.83. The summed E-state index contributed by atoms with van der Waals surface area (Å²) in [6, 6.07) is 2.13. The van der Waals surface area contributed by atoms with Gasteiger partial charge in [-0.25, -0.2) is 0 Å². The third kappa shape index (κ3) is 4.31. The number of nitrogens with one attached hydrogen (secondary N) is 1. The van der Waals surface area contributed by atoms with Crippen LogP contribution in [0.1, 0.15) is 31.6 Å². The highest BCUT2D eigenvalue weighted by Gasteiger charge is 2.24. The number of rotatable bonds is 7. The van der Waals surface area contributed by atoms with Crippen LogP contribution in [-0.4, -0.2) is 18.3 Å². The second kappa shape index (κ2) is 7.24. The van der Waals surface area contributed by atoms with Crippen LogP contribution in [-0.2, 0) is 6.54 Å². The van der Waals surface area contributed by atoms with Crippen LogP contribution in [0.4, 0.5) is 0 Å². The molecule has 1 heterocycles. The van der Waals surface area contributed by atoms with Gasteiger partial charge in [0.2, 0.25) is 0 Å². The fourth-order valence-corrected chi connectivity index (χ4v) is 3.86. The highest BCUT2D eigenvalue weighted by Crippen LogP contribution is 2.32. The molecule has 0 aliphatic heterocycles. The number of hydrogen-bond donors (Lipinski definition) is 2. The van der Waals surface area contributed by atoms with E-state index in [9.17, 15) is 5.11 Å². The predicted molar refractivity (Wildman–Crippen MR) is 81.5 cm³/mol. The Kier molecular flexibility index (Phi) is 6.66. The lowest BCUT2D eigenvalue weighted by Gasteiger charge is -2.29. The van der Waals surface area contributed by atoms with Gasteiger partial charge < -0.3 is 10.4 Å². The summed E-state index contributed by atoms with van der Waals surface area (Å²) in [6.07, 6.45) is 2.01. The Balaban J connectivity index is 2.46. The van der Waals surface area contributed by atoms with Crippen molar-refractivity contribution < 1.29 is 5.11 Å². The van der Waals surface area contributed by atoms with E-state index < -0.39 is 0 Å². The molecule has 1 aromatic heterocycles. The normalized spacial score (nSPS) is 12.1. The number of hydrogen-bond acceptors (Lipinski definition) is 3. The van der Waals surface area contributed by atoms with Crippen LogP contribution < -0.4 is 5.32 Å². The standard InChI is InChI=1S/C12H19Br2NOS/c1-3-12(4-2,8-16)7-15-6-9-5-10(13)11(14)17-9/h5,15-16H,3-4,6-8H2,1-2H3. The molecule has 2 nitrogen and oxygen atoms in total. The van der Waals surface area contributed by atoms with E-state index in [0.717, 1.165) is 34.2 Å². The Bertz CT molecular complexity index is 323. The first-order valence-corrected chi connectivity index (χ1v) is 8.22. The molecule has 2 N–H and O–H groups in total. The summed E-state index contributed by atoms with van der Waals surface area (Å²) in [5, 5.41) is 12.9. The monoisotopic (exact) mass is 383 g/mol. The van der Waals surface area contributed by atoms with E-state index >= 15 is 0 Å². The lowest BCUT2D eigenvalue weighted by molar-refractivity contribution is 0.113. The Morgan fingerprint density at radius 1 is 1.35 bits per heavy atom. The van der Waals surface area contributed by atoms with E-state index in [1.807, 2.05) is 0 Å². The summed E-state index contributed by atoms with van der Waals surface area (Å²) in [4.78, 5) is 1.29. The van der Waals surface area contributed by atoms with E-state index in [0.29, 0.717) is 0 Å². The lowest BCUT2D eigenvalue weighted by Crippen LogP contribution is -2.36. The van der Waals surface area contributed by atoms with Crippen molar-refractivity contribution in [2.24, 2.45) is 5.41 Å². The van der Waals surface area contributed by atoms with Crippen LogP contribution in [0.2, 0.25) is 0 Å². The molecular weight excluding hydrogens is 366 g/mol. The van der Waals surface area contributed by atoms with Gasteiger partial charge in [0, 0.05) is 34.5 Å². The molecule has 0 radical (unpaired) electrons. The topological polar surface area (TPSA) is 32.3 Å². The van der Waals surface area contributed by atoms with Crippen molar-refractivity contribution in [3.8, 4) is 0 Å². The maximum atomic E-state index is 9.47. The van der Waals surface area contributed by atoms with Crippen LogP contribution in [0.15, 0.2) is 14.3 Å². The first-order valence-electron chi connectivity index (χ1n) is 5.82. The fraction of sp³-hybridized carbons (Fsp3) is 0.667. The van der Waals surface area contributed by atoms with Gasteiger partial charge in [-0.3, -0.25) is 0 Å². The minimum absolute atomic E-state index is 0.0335. The maximum Gasteiger partial charge on any atom is 0.0843 e. The van der Waals surface area contributed by atoms with Crippen LogP contribution in [0.25, 0.3) is 0 Å². The van der Waals surface area contributed by atoms with E-state index in [1.165, 1.54) is 4.88 Å². The van der Waals surface area contributed by atoms with Crippen LogP contribution in [0, 0.1) is 5.41 Å². The molecule has 98 valence electrons. The molecule has 0 aliphatic rings. The third-order valence-electron chi connectivity index (χ3n) is 3.33. The minimum Gasteiger partial charge on any atom is -0.396 e. The van der Waals surface area contributed by atoms with Gasteiger partial charge in [-0.1, -0.05) is 13.8 Å². The van der Waals surface area contributed by atoms with Gasteiger partial charge in [0.05, 0.1) is 3.79 Å². The number of aliphatic hydroxyl groups is 1. The molecule has 0 fully saturated rings. The molecule has 1 aromatic rings. The van der Waals surface area contributed by atoms with Crippen molar-refractivity contribution in [3.05, 3.63) is 19.2 Å². The fourth-order valence-electron chi connectivity index (χ4n) is 1.71. The largest absolute Gasteiger partial charge is 0.396 e. The Labute approximate surface area is 124 Å². The minimum atomic E-state index is 0.0335. The number of aliphatic hydroxyl groups excluding tert-OH is 1. The zero-order valence-electron chi connectivity index (χ0n) is 10.2. The van der Waals surface area contributed by atoms with Crippen LogP contribution >= 0.6 is 43.2 Å². The van der Waals surface area contributed by atoms with Crippen molar-refractivity contribution in [1.82, 2.24) is 5.32 Å². The number of thiophene rings is 1. The van der Waals surface area contributed by atoms with Gasteiger partial charge in [0.25, 0.3) is 0 Å². The maximum absolute atomic E-state index is 9.47. The van der Waals surface area contributed by atoms with Gasteiger partial charge in [-0.15, -0.1) is 11.3 Å². The molecule has 5 heteroatoms. The smallest absolute Gasteiger partial charge is 0.0843 e. The first-order chi connectivity index (χ1) is 8.06. The predicted octanol–water partition coefficient (Wildman–Crippen LogP) is 4.16. The van der Waals surface area contributed by atoms with Crippen LogP contribution in [0.5, 0.6) is 0 Å². The molecule has 0 atom stereocenters. The highest BCUT2D eigenvalue weighted by atomic mass is 79.9. The zero-order chi connectivity index (χ0) is 12.9. The molecule has 0 spiro atoms. The van der Waals surface area contributed by atoms with Gasteiger partial charge in [0.1, 0.15) is 0 Å². The van der Waals surface area contributed by atoms with Crippen molar-refractivity contribution >= 4 is 43.2 Å². The Morgan fingerprint density at radius 2 is 2.00 bits per heavy atom. The second-order valence-corrected chi connectivity index (χ2v) is 7.61. The molecule has 17 heavy (non-hydrogen) atoms. The summed E-state index contributed by atoms with van der Waals surface area (Å²) < 4.78 is 2.24. The van der Waals surface area contributed by atoms with Gasteiger partial charge in [-0.2, -0.15) is 0 Å². The van der Waals surface area contributed by atoms with Crippen molar-refractivity contribution in [2.45, 2.75) is 33.2 Å². The van der Waals surface area contributed by atoms with Crippen LogP contribution in [0.3, 0.4) is 0 Å². The third-order valence-corrected chi connectivity index (χ3v) is 6.59. The summed E-state index contributed by atoms with van der Waals surface area (Å²) in [5.74, 6) is 0. The van der Waals surface area contributed by atoms with Crippen molar-refractivity contribution in [3.63, 3.8) is 0 Å². The summed E-state index contributed by atoms with van der Waals surface area (Å²) >= 11 is 8.71. The van der Waals surface area contributed by atoms with E-state index in [2.05, 4.69) is 57.1 Å². The van der Waals surface area contributed by atoms with Gasteiger partial charge >= 0.3 is 0 Å². The Morgan fingerprint density at radius 3 is 2.41 bits per heavy atom. The van der Waals surface area contributed by atoms with E-state index in [1.54, 1.807) is 11.3 Å². The molecule has 0 aliphatic carbocycles. The SMILES string of the molecule is CCC(CC)(CO)CNCc1cc(Br)c(Br)s1. The molecule has 0 amide bonds. The van der Waals surface area contributed by atoms with Gasteiger partial charge in [-0.05, 0) is 50.8 Å². The average molecular weight is 385 g/mol. The molecule has 0 unspecified atom stereocenters. The summed E-state index contributed by atoms with van der Waals surface area (Å²) in [7, 11) is 0. The first kappa shape index (κ1) is 15.6. The summed E-state index contributed by atoms with van der Waals surface area (Å²) in [6.45, 7) is 6.25. The van der Waals surface area contributed by atoms with E-state index in [-0.39, 0.29) is 12.0 Å². The summed E-state index contributed by atoms with van der Waals surface area (Å²) in [5.41, 5.74) is 0.0335. The number of halogens is 2. The molecule has 1 rings (SSSR count).